The second kappa shape index (κ2) is 6.90. The predicted octanol–water partition coefficient (Wildman–Crippen LogP) is 2.31. The van der Waals surface area contributed by atoms with E-state index in [1.165, 1.54) is 45.1 Å². The molecule has 1 aliphatic carbocycles. The quantitative estimate of drug-likeness (QED) is 0.786. The third-order valence-corrected chi connectivity index (χ3v) is 5.02. The third-order valence-electron chi connectivity index (χ3n) is 5.02. The summed E-state index contributed by atoms with van der Waals surface area (Å²) in [5.74, 6) is 0.612. The molecule has 116 valence electrons. The van der Waals surface area contributed by atoms with Gasteiger partial charge in [-0.1, -0.05) is 12.8 Å². The largest absolute Gasteiger partial charge is 0.465 e. The molecule has 4 nitrogen and oxygen atoms in total. The molecule has 0 aromatic heterocycles. The number of likely N-dealkylation sites (tertiary alicyclic amines) is 1. The minimum absolute atomic E-state index is 0.266. The lowest BCUT2D eigenvalue weighted by Crippen LogP contribution is -2.52. The zero-order chi connectivity index (χ0) is 14.6. The molecule has 2 aliphatic rings. The van der Waals surface area contributed by atoms with Crippen molar-refractivity contribution < 1.29 is 9.53 Å². The maximum Gasteiger partial charge on any atom is 0.325 e. The van der Waals surface area contributed by atoms with Crippen molar-refractivity contribution in [3.8, 4) is 0 Å². The van der Waals surface area contributed by atoms with Gasteiger partial charge in [-0.05, 0) is 58.4 Å². The van der Waals surface area contributed by atoms with Crippen LogP contribution in [0.1, 0.15) is 58.8 Å². The Labute approximate surface area is 123 Å². The molecular weight excluding hydrogens is 252 g/mol. The molecule has 2 fully saturated rings. The Bertz CT molecular complexity index is 328. The normalized spacial score (nSPS) is 30.4. The van der Waals surface area contributed by atoms with Crippen molar-refractivity contribution in [1.29, 1.82) is 0 Å². The number of hydrogen-bond acceptors (Lipinski definition) is 4. The first-order valence-electron chi connectivity index (χ1n) is 8.24. The Balaban J connectivity index is 1.87. The Morgan fingerprint density at radius 3 is 2.75 bits per heavy atom. The van der Waals surface area contributed by atoms with Crippen LogP contribution in [0.4, 0.5) is 0 Å². The molecule has 3 atom stereocenters. The molecule has 2 rings (SSSR count). The van der Waals surface area contributed by atoms with E-state index in [9.17, 15) is 4.79 Å². The zero-order valence-electron chi connectivity index (χ0n) is 13.1. The topological polar surface area (TPSA) is 55.6 Å². The summed E-state index contributed by atoms with van der Waals surface area (Å²) < 4.78 is 5.07. The van der Waals surface area contributed by atoms with E-state index in [4.69, 9.17) is 10.5 Å². The molecule has 0 amide bonds. The van der Waals surface area contributed by atoms with Crippen LogP contribution in [0.3, 0.4) is 0 Å². The van der Waals surface area contributed by atoms with Gasteiger partial charge in [-0.15, -0.1) is 0 Å². The van der Waals surface area contributed by atoms with Crippen molar-refractivity contribution in [2.24, 2.45) is 11.7 Å². The van der Waals surface area contributed by atoms with Crippen molar-refractivity contribution in [3.63, 3.8) is 0 Å². The maximum atomic E-state index is 11.9. The number of rotatable bonds is 5. The Morgan fingerprint density at radius 1 is 1.30 bits per heavy atom. The Hall–Kier alpha value is -0.610. The van der Waals surface area contributed by atoms with E-state index in [1.54, 1.807) is 6.92 Å². The summed E-state index contributed by atoms with van der Waals surface area (Å²) in [7, 11) is 0. The standard InChI is InChI=1S/C16H30N2O2/c1-3-20-15(19)16(2,17)10-12-18-11-6-8-13-7-4-5-9-14(13)18/h13-14H,3-12,17H2,1-2H3/t13-,14-,16?/m1/s1. The fraction of sp³-hybridized carbons (Fsp3) is 0.938. The summed E-state index contributed by atoms with van der Waals surface area (Å²) in [6.45, 7) is 6.12. The van der Waals surface area contributed by atoms with Gasteiger partial charge >= 0.3 is 5.97 Å². The lowest BCUT2D eigenvalue weighted by atomic mass is 9.78. The van der Waals surface area contributed by atoms with Crippen LogP contribution in [0.2, 0.25) is 0 Å². The van der Waals surface area contributed by atoms with Gasteiger partial charge in [0.15, 0.2) is 0 Å². The van der Waals surface area contributed by atoms with Gasteiger partial charge in [0.25, 0.3) is 0 Å². The van der Waals surface area contributed by atoms with Gasteiger partial charge < -0.3 is 15.4 Å². The summed E-state index contributed by atoms with van der Waals surface area (Å²) in [5, 5.41) is 0. The number of ether oxygens (including phenoxy) is 1. The molecule has 0 aromatic carbocycles. The van der Waals surface area contributed by atoms with Crippen LogP contribution in [0, 0.1) is 5.92 Å². The van der Waals surface area contributed by atoms with Gasteiger partial charge in [0, 0.05) is 12.6 Å². The van der Waals surface area contributed by atoms with E-state index in [-0.39, 0.29) is 5.97 Å². The Morgan fingerprint density at radius 2 is 2.00 bits per heavy atom. The number of piperidine rings is 1. The SMILES string of the molecule is CCOC(=O)C(C)(N)CCN1CCC[C@H]2CCCC[C@H]21. The fourth-order valence-corrected chi connectivity index (χ4v) is 3.78. The molecule has 2 N–H and O–H groups in total. The van der Waals surface area contributed by atoms with Gasteiger partial charge in [-0.2, -0.15) is 0 Å². The number of nitrogens with two attached hydrogens (primary N) is 1. The monoisotopic (exact) mass is 282 g/mol. The van der Waals surface area contributed by atoms with E-state index in [2.05, 4.69) is 4.90 Å². The highest BCUT2D eigenvalue weighted by atomic mass is 16.5. The number of nitrogens with zero attached hydrogens (tertiary/aromatic N) is 1. The molecule has 1 unspecified atom stereocenters. The average Bonchev–Trinajstić information content (AvgIpc) is 2.45. The highest BCUT2D eigenvalue weighted by Gasteiger charge is 2.35. The van der Waals surface area contributed by atoms with Crippen molar-refractivity contribution in [2.75, 3.05) is 19.7 Å². The fourth-order valence-electron chi connectivity index (χ4n) is 3.78. The Kier molecular flexibility index (Phi) is 5.44. The average molecular weight is 282 g/mol. The van der Waals surface area contributed by atoms with Crippen LogP contribution < -0.4 is 5.73 Å². The number of esters is 1. The molecule has 1 heterocycles. The molecule has 1 saturated carbocycles. The van der Waals surface area contributed by atoms with Crippen molar-refractivity contribution >= 4 is 5.97 Å². The maximum absolute atomic E-state index is 11.9. The number of carbonyl (C=O) groups excluding carboxylic acids is 1. The van der Waals surface area contributed by atoms with Crippen LogP contribution in [0.15, 0.2) is 0 Å². The molecule has 0 radical (unpaired) electrons. The van der Waals surface area contributed by atoms with E-state index in [1.807, 2.05) is 6.92 Å². The van der Waals surface area contributed by atoms with E-state index >= 15 is 0 Å². The molecule has 0 bridgehead atoms. The van der Waals surface area contributed by atoms with E-state index in [0.29, 0.717) is 13.0 Å². The van der Waals surface area contributed by atoms with E-state index in [0.717, 1.165) is 18.5 Å². The number of hydrogen-bond donors (Lipinski definition) is 1. The summed E-state index contributed by atoms with van der Waals surface area (Å²) in [5.41, 5.74) is 5.28. The van der Waals surface area contributed by atoms with Crippen molar-refractivity contribution in [1.82, 2.24) is 4.90 Å². The molecule has 4 heteroatoms. The van der Waals surface area contributed by atoms with Crippen LogP contribution in [-0.2, 0) is 9.53 Å². The second-order valence-corrected chi connectivity index (χ2v) is 6.68. The number of carbonyl (C=O) groups is 1. The van der Waals surface area contributed by atoms with Gasteiger partial charge in [-0.3, -0.25) is 4.79 Å². The first kappa shape index (κ1) is 15.8. The smallest absolute Gasteiger partial charge is 0.325 e. The third kappa shape index (κ3) is 3.73. The van der Waals surface area contributed by atoms with Crippen LogP contribution in [0.25, 0.3) is 0 Å². The summed E-state index contributed by atoms with van der Waals surface area (Å²) in [6, 6.07) is 0.732. The molecule has 0 aromatic rings. The summed E-state index contributed by atoms with van der Waals surface area (Å²) in [4.78, 5) is 14.4. The summed E-state index contributed by atoms with van der Waals surface area (Å²) in [6.07, 6.45) is 8.84. The molecule has 1 saturated heterocycles. The van der Waals surface area contributed by atoms with Gasteiger partial charge in [0.1, 0.15) is 5.54 Å². The minimum Gasteiger partial charge on any atom is -0.465 e. The van der Waals surface area contributed by atoms with Crippen LogP contribution in [-0.4, -0.2) is 42.1 Å². The molecule has 20 heavy (non-hydrogen) atoms. The second-order valence-electron chi connectivity index (χ2n) is 6.68. The predicted molar refractivity (Wildman–Crippen MR) is 80.4 cm³/mol. The van der Waals surface area contributed by atoms with Gasteiger partial charge in [0.2, 0.25) is 0 Å². The number of fused-ring (bicyclic) bond motifs is 1. The summed E-state index contributed by atoms with van der Waals surface area (Å²) >= 11 is 0. The van der Waals surface area contributed by atoms with Crippen molar-refractivity contribution in [3.05, 3.63) is 0 Å². The van der Waals surface area contributed by atoms with Gasteiger partial charge in [-0.25, -0.2) is 0 Å². The first-order valence-corrected chi connectivity index (χ1v) is 8.24. The van der Waals surface area contributed by atoms with Gasteiger partial charge in [0.05, 0.1) is 6.61 Å². The van der Waals surface area contributed by atoms with E-state index < -0.39 is 5.54 Å². The molecular formula is C16H30N2O2. The lowest BCUT2D eigenvalue weighted by Gasteiger charge is -2.44. The first-order chi connectivity index (χ1) is 9.54. The highest BCUT2D eigenvalue weighted by molar-refractivity contribution is 5.79. The van der Waals surface area contributed by atoms with Crippen LogP contribution >= 0.6 is 0 Å². The highest BCUT2D eigenvalue weighted by Crippen LogP contribution is 2.35. The molecule has 0 spiro atoms. The zero-order valence-corrected chi connectivity index (χ0v) is 13.1. The van der Waals surface area contributed by atoms with Crippen LogP contribution in [0.5, 0.6) is 0 Å². The molecule has 1 aliphatic heterocycles. The van der Waals surface area contributed by atoms with Crippen molar-refractivity contribution in [2.45, 2.75) is 70.4 Å². The minimum atomic E-state index is -0.850. The lowest BCUT2D eigenvalue weighted by molar-refractivity contribution is -0.149.